The van der Waals surface area contributed by atoms with Crippen molar-refractivity contribution in [1.29, 1.82) is 5.26 Å². The average molecular weight is 794 g/mol. The Bertz CT molecular complexity index is 1390. The SMILES string of the molecule is CC1(C)C(NC(=O)c2ccc(OCCOCCOCCOCCOCCOCCOCCOCCOCCN)cc2)C(C)(C)C1Oc1ccc(C#N)c(Cl)c1. The maximum Gasteiger partial charge on any atom is 0.251 e. The van der Waals surface area contributed by atoms with Crippen LogP contribution in [0.15, 0.2) is 42.5 Å². The number of benzene rings is 2. The highest BCUT2D eigenvalue weighted by Gasteiger charge is 2.64. The Morgan fingerprint density at radius 2 is 1.05 bits per heavy atom. The Labute approximate surface area is 331 Å². The Hall–Kier alpha value is -3.07. The quantitative estimate of drug-likeness (QED) is 0.104. The third-order valence-electron chi connectivity index (χ3n) is 8.91. The molecule has 14 nitrogen and oxygen atoms in total. The van der Waals surface area contributed by atoms with Crippen LogP contribution >= 0.6 is 11.6 Å². The highest BCUT2D eigenvalue weighted by atomic mass is 35.5. The standard InChI is InChI=1S/C40H60ClN3O11/c1-39(2)37(40(3,4)38(39)55-34-10-7-32(30-43)35(41)29-34)44-36(45)31-5-8-33(9-6-31)54-28-27-53-26-25-52-24-23-51-22-21-50-20-19-49-18-17-48-16-15-47-14-13-46-12-11-42/h5-10,29,37-38H,11-28,42H2,1-4H3,(H,44,45). The molecule has 0 heterocycles. The van der Waals surface area contributed by atoms with E-state index in [0.29, 0.717) is 147 Å². The Kier molecular flexibility index (Phi) is 21.9. The van der Waals surface area contributed by atoms with Crippen LogP contribution in [0.1, 0.15) is 43.6 Å². The summed E-state index contributed by atoms with van der Waals surface area (Å²) in [5, 5.41) is 12.7. The van der Waals surface area contributed by atoms with Gasteiger partial charge in [-0.25, -0.2) is 0 Å². The van der Waals surface area contributed by atoms with Crippen molar-refractivity contribution in [2.75, 3.05) is 119 Å². The predicted molar refractivity (Wildman–Crippen MR) is 207 cm³/mol. The van der Waals surface area contributed by atoms with Crippen molar-refractivity contribution in [3.63, 3.8) is 0 Å². The number of nitriles is 1. The monoisotopic (exact) mass is 793 g/mol. The number of hydrogen-bond acceptors (Lipinski definition) is 13. The molecule has 55 heavy (non-hydrogen) atoms. The summed E-state index contributed by atoms with van der Waals surface area (Å²) in [7, 11) is 0. The molecule has 0 spiro atoms. The second kappa shape index (κ2) is 26.0. The number of hydrogen-bond donors (Lipinski definition) is 2. The third-order valence-corrected chi connectivity index (χ3v) is 9.22. The van der Waals surface area contributed by atoms with Crippen LogP contribution in [0.4, 0.5) is 0 Å². The van der Waals surface area contributed by atoms with Gasteiger partial charge in [0.2, 0.25) is 0 Å². The molecule has 0 atom stereocenters. The van der Waals surface area contributed by atoms with Gasteiger partial charge >= 0.3 is 0 Å². The molecule has 1 aliphatic carbocycles. The van der Waals surface area contributed by atoms with Crippen molar-refractivity contribution in [2.24, 2.45) is 16.6 Å². The van der Waals surface area contributed by atoms with Gasteiger partial charge in [-0.05, 0) is 36.4 Å². The van der Waals surface area contributed by atoms with E-state index < -0.39 is 0 Å². The fraction of sp³-hybridized carbons (Fsp3) is 0.650. The van der Waals surface area contributed by atoms with Crippen LogP contribution < -0.4 is 20.5 Å². The van der Waals surface area contributed by atoms with Crippen molar-refractivity contribution in [3.8, 4) is 17.6 Å². The number of nitrogens with two attached hydrogens (primary N) is 1. The fourth-order valence-electron chi connectivity index (χ4n) is 6.46. The van der Waals surface area contributed by atoms with Gasteiger partial charge in [0.15, 0.2) is 0 Å². The van der Waals surface area contributed by atoms with Crippen LogP contribution in [0.2, 0.25) is 5.02 Å². The summed E-state index contributed by atoms with van der Waals surface area (Å²) in [4.78, 5) is 13.2. The molecular weight excluding hydrogens is 734 g/mol. The number of ether oxygens (including phenoxy) is 10. The van der Waals surface area contributed by atoms with E-state index in [2.05, 4.69) is 39.1 Å². The normalized spacial score (nSPS) is 17.0. The van der Waals surface area contributed by atoms with Gasteiger partial charge in [-0.1, -0.05) is 39.3 Å². The molecule has 0 radical (unpaired) electrons. The number of amides is 1. The second-order valence-corrected chi connectivity index (χ2v) is 14.3. The van der Waals surface area contributed by atoms with Crippen molar-refractivity contribution in [3.05, 3.63) is 58.6 Å². The molecule has 0 aromatic heterocycles. The highest BCUT2D eigenvalue weighted by molar-refractivity contribution is 6.31. The minimum atomic E-state index is -0.357. The van der Waals surface area contributed by atoms with Crippen LogP contribution in [0.25, 0.3) is 0 Å². The maximum atomic E-state index is 13.2. The number of halogens is 1. The summed E-state index contributed by atoms with van der Waals surface area (Å²) in [6.45, 7) is 17.0. The molecule has 1 amide bonds. The van der Waals surface area contributed by atoms with Gasteiger partial charge in [0.25, 0.3) is 5.91 Å². The Balaban J connectivity index is 1.12. The van der Waals surface area contributed by atoms with Gasteiger partial charge in [-0.15, -0.1) is 0 Å². The number of carbonyl (C=O) groups excluding carboxylic acids is 1. The molecule has 0 saturated heterocycles. The van der Waals surface area contributed by atoms with Gasteiger partial charge in [-0.2, -0.15) is 5.26 Å². The lowest BCUT2D eigenvalue weighted by Gasteiger charge is -2.63. The van der Waals surface area contributed by atoms with Gasteiger partial charge in [0, 0.05) is 35.0 Å². The third kappa shape index (κ3) is 16.5. The van der Waals surface area contributed by atoms with Crippen LogP contribution in [0, 0.1) is 22.2 Å². The van der Waals surface area contributed by atoms with E-state index >= 15 is 0 Å². The van der Waals surface area contributed by atoms with Crippen molar-refractivity contribution < 1.29 is 52.2 Å². The Morgan fingerprint density at radius 1 is 0.655 bits per heavy atom. The largest absolute Gasteiger partial charge is 0.491 e. The summed E-state index contributed by atoms with van der Waals surface area (Å²) in [5.41, 5.74) is 5.56. The topological polar surface area (TPSA) is 171 Å². The smallest absolute Gasteiger partial charge is 0.251 e. The van der Waals surface area contributed by atoms with Gasteiger partial charge in [-0.3, -0.25) is 4.79 Å². The molecule has 0 unspecified atom stereocenters. The highest BCUT2D eigenvalue weighted by Crippen LogP contribution is 2.55. The molecule has 0 bridgehead atoms. The molecule has 0 aliphatic heterocycles. The Morgan fingerprint density at radius 3 is 1.45 bits per heavy atom. The summed E-state index contributed by atoms with van der Waals surface area (Å²) in [6.07, 6.45) is -0.185. The van der Waals surface area contributed by atoms with Crippen LogP contribution in [-0.4, -0.2) is 137 Å². The lowest BCUT2D eigenvalue weighted by Crippen LogP contribution is -2.74. The molecule has 1 aliphatic rings. The van der Waals surface area contributed by atoms with Crippen molar-refractivity contribution in [2.45, 2.75) is 39.8 Å². The number of carbonyl (C=O) groups is 1. The number of rotatable bonds is 31. The van der Waals surface area contributed by atoms with Crippen LogP contribution in [0.5, 0.6) is 11.5 Å². The first-order valence-corrected chi connectivity index (χ1v) is 19.2. The molecule has 308 valence electrons. The summed E-state index contributed by atoms with van der Waals surface area (Å²) in [6, 6.07) is 14.0. The maximum absolute atomic E-state index is 13.2. The van der Waals surface area contributed by atoms with Crippen molar-refractivity contribution in [1.82, 2.24) is 5.32 Å². The van der Waals surface area contributed by atoms with Gasteiger partial charge in [0.05, 0.1) is 116 Å². The van der Waals surface area contributed by atoms with E-state index in [1.54, 1.807) is 42.5 Å². The molecule has 1 fully saturated rings. The molecule has 2 aromatic rings. The zero-order valence-electron chi connectivity index (χ0n) is 32.8. The second-order valence-electron chi connectivity index (χ2n) is 13.9. The molecule has 15 heteroatoms. The lowest BCUT2D eigenvalue weighted by molar-refractivity contribution is -0.164. The molecule has 2 aromatic carbocycles. The zero-order valence-corrected chi connectivity index (χ0v) is 33.6. The minimum absolute atomic E-state index is 0.139. The fourth-order valence-corrected chi connectivity index (χ4v) is 6.67. The number of nitrogens with zero attached hydrogens (tertiary/aromatic N) is 1. The molecular formula is C40H60ClN3O11. The summed E-state index contributed by atoms with van der Waals surface area (Å²) >= 11 is 6.21. The van der Waals surface area contributed by atoms with E-state index in [0.717, 1.165) is 0 Å². The number of nitrogens with one attached hydrogen (secondary N) is 1. The predicted octanol–water partition coefficient (Wildman–Crippen LogP) is 4.29. The van der Waals surface area contributed by atoms with Crippen LogP contribution in [0.3, 0.4) is 0 Å². The first kappa shape index (κ1) is 46.3. The first-order valence-electron chi connectivity index (χ1n) is 18.8. The van der Waals surface area contributed by atoms with E-state index in [1.165, 1.54) is 0 Å². The van der Waals surface area contributed by atoms with Crippen LogP contribution in [-0.2, 0) is 37.9 Å². The molecule has 1 saturated carbocycles. The minimum Gasteiger partial charge on any atom is -0.491 e. The zero-order chi connectivity index (χ0) is 39.8. The lowest BCUT2D eigenvalue weighted by atomic mass is 9.49. The van der Waals surface area contributed by atoms with Gasteiger partial charge < -0.3 is 58.4 Å². The van der Waals surface area contributed by atoms with E-state index in [9.17, 15) is 4.79 Å². The van der Waals surface area contributed by atoms with E-state index in [1.807, 2.05) is 0 Å². The van der Waals surface area contributed by atoms with E-state index in [4.69, 9.17) is 70.0 Å². The first-order chi connectivity index (χ1) is 26.6. The summed E-state index contributed by atoms with van der Waals surface area (Å²) < 4.78 is 55.7. The molecule has 3 rings (SSSR count). The average Bonchev–Trinajstić information content (AvgIpc) is 3.17. The van der Waals surface area contributed by atoms with Crippen molar-refractivity contribution >= 4 is 17.5 Å². The molecule has 3 N–H and O–H groups in total. The summed E-state index contributed by atoms with van der Waals surface area (Å²) in [5.74, 6) is 1.07. The van der Waals surface area contributed by atoms with E-state index in [-0.39, 0.29) is 28.9 Å². The van der Waals surface area contributed by atoms with Gasteiger partial charge in [0.1, 0.15) is 30.3 Å².